The molecule has 3 heterocycles. The van der Waals surface area contributed by atoms with Crippen LogP contribution in [0.5, 0.6) is 0 Å². The Morgan fingerprint density at radius 1 is 1.19 bits per heavy atom. The summed E-state index contributed by atoms with van der Waals surface area (Å²) < 4.78 is 0. The third kappa shape index (κ3) is 3.91. The summed E-state index contributed by atoms with van der Waals surface area (Å²) in [5.74, 6) is 1.87. The van der Waals surface area contributed by atoms with Crippen molar-refractivity contribution in [3.05, 3.63) is 23.4 Å². The summed E-state index contributed by atoms with van der Waals surface area (Å²) >= 11 is 5.91. The van der Waals surface area contributed by atoms with E-state index in [1.54, 1.807) is 6.20 Å². The fraction of sp³-hybridized carbons (Fsp3) is 0.667. The molecule has 0 bridgehead atoms. The van der Waals surface area contributed by atoms with E-state index in [1.165, 1.54) is 19.3 Å². The molecule has 1 aromatic heterocycles. The van der Waals surface area contributed by atoms with Crippen LogP contribution in [0.1, 0.15) is 25.7 Å². The number of hydrogen-bond acceptors (Lipinski definition) is 4. The standard InChI is InChI=1S/C18H25ClN4O.2ClH/c19-15-4-5-16(21-12-15)22-7-9-23(10-8-22)17(24)18-6-2-1-3-14(18)11-20-13-18;;/h4-5,12,14,20H,1-3,6-11,13H2;2*1H/t14-,18+;;/m0../s1. The average Bonchev–Trinajstić information content (AvgIpc) is 3.07. The van der Waals surface area contributed by atoms with Crippen molar-refractivity contribution in [2.24, 2.45) is 11.3 Å². The molecule has 3 aliphatic rings. The summed E-state index contributed by atoms with van der Waals surface area (Å²) in [6.07, 6.45) is 6.41. The van der Waals surface area contributed by atoms with Crippen LogP contribution >= 0.6 is 36.4 Å². The summed E-state index contributed by atoms with van der Waals surface area (Å²) in [5.41, 5.74) is -0.126. The highest BCUT2D eigenvalue weighted by Gasteiger charge is 2.51. The molecule has 1 saturated carbocycles. The van der Waals surface area contributed by atoms with E-state index in [2.05, 4.69) is 20.1 Å². The molecular formula is C18H27Cl3N4O. The van der Waals surface area contributed by atoms with Gasteiger partial charge in [0.1, 0.15) is 5.82 Å². The zero-order valence-corrected chi connectivity index (χ0v) is 17.2. The van der Waals surface area contributed by atoms with Crippen LogP contribution in [0.15, 0.2) is 18.3 Å². The molecule has 146 valence electrons. The Balaban J connectivity index is 0.00000121. The number of hydrogen-bond donors (Lipinski definition) is 1. The van der Waals surface area contributed by atoms with E-state index < -0.39 is 0 Å². The Labute approximate surface area is 172 Å². The molecule has 4 rings (SSSR count). The summed E-state index contributed by atoms with van der Waals surface area (Å²) in [5, 5.41) is 4.14. The van der Waals surface area contributed by atoms with Crippen molar-refractivity contribution in [1.82, 2.24) is 15.2 Å². The van der Waals surface area contributed by atoms with Gasteiger partial charge in [-0.05, 0) is 37.4 Å². The second-order valence-electron chi connectivity index (χ2n) is 7.34. The van der Waals surface area contributed by atoms with E-state index in [0.29, 0.717) is 16.8 Å². The van der Waals surface area contributed by atoms with Gasteiger partial charge in [0.15, 0.2) is 0 Å². The van der Waals surface area contributed by atoms with Crippen molar-refractivity contribution in [2.75, 3.05) is 44.2 Å². The maximum absolute atomic E-state index is 13.3. The first-order valence-electron chi connectivity index (χ1n) is 9.06. The topological polar surface area (TPSA) is 48.5 Å². The summed E-state index contributed by atoms with van der Waals surface area (Å²) in [4.78, 5) is 22.0. The number of carbonyl (C=O) groups is 1. The lowest BCUT2D eigenvalue weighted by atomic mass is 9.67. The van der Waals surface area contributed by atoms with Crippen molar-refractivity contribution < 1.29 is 4.79 Å². The minimum Gasteiger partial charge on any atom is -0.353 e. The molecule has 5 nitrogen and oxygen atoms in total. The highest BCUT2D eigenvalue weighted by molar-refractivity contribution is 6.30. The van der Waals surface area contributed by atoms with Gasteiger partial charge in [-0.3, -0.25) is 4.79 Å². The number of carbonyl (C=O) groups excluding carboxylic acids is 1. The van der Waals surface area contributed by atoms with E-state index in [1.807, 2.05) is 12.1 Å². The molecule has 0 radical (unpaired) electrons. The van der Waals surface area contributed by atoms with Gasteiger partial charge in [0.25, 0.3) is 0 Å². The summed E-state index contributed by atoms with van der Waals surface area (Å²) in [6, 6.07) is 3.83. The molecule has 1 aromatic rings. The Bertz CT molecular complexity index is 607. The number of aromatic nitrogens is 1. The zero-order chi connectivity index (χ0) is 16.6. The first-order valence-corrected chi connectivity index (χ1v) is 9.43. The normalized spacial score (nSPS) is 28.0. The molecule has 2 saturated heterocycles. The number of fused-ring (bicyclic) bond motifs is 1. The first kappa shape index (κ1) is 21.5. The van der Waals surface area contributed by atoms with Crippen molar-refractivity contribution in [3.63, 3.8) is 0 Å². The van der Waals surface area contributed by atoms with Crippen LogP contribution in [0.4, 0.5) is 5.82 Å². The molecule has 0 spiro atoms. The van der Waals surface area contributed by atoms with Crippen LogP contribution in [0, 0.1) is 11.3 Å². The van der Waals surface area contributed by atoms with Gasteiger partial charge in [0.2, 0.25) is 5.91 Å². The minimum atomic E-state index is -0.126. The van der Waals surface area contributed by atoms with Gasteiger partial charge in [0.05, 0.1) is 10.4 Å². The molecule has 0 unspecified atom stereocenters. The van der Waals surface area contributed by atoms with Crippen LogP contribution in [-0.2, 0) is 4.79 Å². The quantitative estimate of drug-likeness (QED) is 0.797. The lowest BCUT2D eigenvalue weighted by molar-refractivity contribution is -0.145. The van der Waals surface area contributed by atoms with Crippen LogP contribution in [0.2, 0.25) is 5.02 Å². The second kappa shape index (κ2) is 8.96. The van der Waals surface area contributed by atoms with Crippen molar-refractivity contribution in [1.29, 1.82) is 0 Å². The summed E-state index contributed by atoms with van der Waals surface area (Å²) in [6.45, 7) is 5.15. The third-order valence-electron chi connectivity index (χ3n) is 6.07. The Morgan fingerprint density at radius 2 is 1.96 bits per heavy atom. The number of piperazine rings is 1. The highest BCUT2D eigenvalue weighted by atomic mass is 35.5. The molecule has 2 aliphatic heterocycles. The molecule has 8 heteroatoms. The zero-order valence-electron chi connectivity index (χ0n) is 14.8. The van der Waals surface area contributed by atoms with Gasteiger partial charge in [-0.2, -0.15) is 0 Å². The fourth-order valence-corrected chi connectivity index (χ4v) is 4.79. The number of anilines is 1. The fourth-order valence-electron chi connectivity index (χ4n) is 4.68. The monoisotopic (exact) mass is 420 g/mol. The Kier molecular flexibility index (Phi) is 7.43. The molecule has 1 aliphatic carbocycles. The number of pyridine rings is 1. The van der Waals surface area contributed by atoms with Gasteiger partial charge in [-0.1, -0.05) is 24.4 Å². The van der Waals surface area contributed by atoms with Crippen LogP contribution in [0.3, 0.4) is 0 Å². The van der Waals surface area contributed by atoms with E-state index in [9.17, 15) is 4.79 Å². The smallest absolute Gasteiger partial charge is 0.230 e. The highest BCUT2D eigenvalue weighted by Crippen LogP contribution is 2.45. The van der Waals surface area contributed by atoms with Crippen LogP contribution in [-0.4, -0.2) is 55.1 Å². The van der Waals surface area contributed by atoms with Crippen LogP contribution in [0.25, 0.3) is 0 Å². The van der Waals surface area contributed by atoms with E-state index in [4.69, 9.17) is 11.6 Å². The maximum atomic E-state index is 13.3. The van der Waals surface area contributed by atoms with E-state index >= 15 is 0 Å². The second-order valence-corrected chi connectivity index (χ2v) is 7.78. The Morgan fingerprint density at radius 3 is 2.65 bits per heavy atom. The number of nitrogens with one attached hydrogen (secondary N) is 1. The number of nitrogens with zero attached hydrogens (tertiary/aromatic N) is 3. The predicted octanol–water partition coefficient (Wildman–Crippen LogP) is 3.01. The average molecular weight is 422 g/mol. The van der Waals surface area contributed by atoms with Gasteiger partial charge < -0.3 is 15.1 Å². The number of rotatable bonds is 2. The molecule has 0 aromatic carbocycles. The molecule has 1 amide bonds. The third-order valence-corrected chi connectivity index (χ3v) is 6.29. The predicted molar refractivity (Wildman–Crippen MR) is 110 cm³/mol. The molecule has 2 atom stereocenters. The van der Waals surface area contributed by atoms with Crippen molar-refractivity contribution in [3.8, 4) is 0 Å². The molecule has 26 heavy (non-hydrogen) atoms. The van der Waals surface area contributed by atoms with Gasteiger partial charge in [-0.15, -0.1) is 24.8 Å². The molecule has 3 fully saturated rings. The minimum absolute atomic E-state index is 0. The lowest BCUT2D eigenvalue weighted by Gasteiger charge is -2.43. The maximum Gasteiger partial charge on any atom is 0.230 e. The summed E-state index contributed by atoms with van der Waals surface area (Å²) in [7, 11) is 0. The van der Waals surface area contributed by atoms with Gasteiger partial charge >= 0.3 is 0 Å². The molecular weight excluding hydrogens is 395 g/mol. The van der Waals surface area contributed by atoms with Gasteiger partial charge in [-0.25, -0.2) is 4.98 Å². The number of halogens is 3. The van der Waals surface area contributed by atoms with E-state index in [0.717, 1.165) is 51.5 Å². The van der Waals surface area contributed by atoms with E-state index in [-0.39, 0.29) is 30.2 Å². The van der Waals surface area contributed by atoms with Gasteiger partial charge in [0, 0.05) is 38.9 Å². The van der Waals surface area contributed by atoms with Crippen molar-refractivity contribution >= 4 is 48.1 Å². The lowest BCUT2D eigenvalue weighted by Crippen LogP contribution is -2.56. The largest absolute Gasteiger partial charge is 0.353 e. The molecule has 1 N–H and O–H groups in total. The van der Waals surface area contributed by atoms with Crippen LogP contribution < -0.4 is 10.2 Å². The SMILES string of the molecule is Cl.Cl.O=C(N1CCN(c2ccc(Cl)cn2)CC1)[C@@]12CCCC[C@H]1CNC2. The Hall–Kier alpha value is -0.750. The first-order chi connectivity index (χ1) is 11.7. The number of amides is 1. The van der Waals surface area contributed by atoms with Crippen molar-refractivity contribution in [2.45, 2.75) is 25.7 Å².